The molecule has 0 saturated carbocycles. The fourth-order valence-corrected chi connectivity index (χ4v) is 2.31. The largest absolute Gasteiger partial charge is 0.493 e. The van der Waals surface area contributed by atoms with Crippen LogP contribution in [0.15, 0.2) is 42.5 Å². The molecule has 2 aromatic rings. The Labute approximate surface area is 119 Å². The first-order valence-electron chi connectivity index (χ1n) is 6.43. The molecule has 0 N–H and O–H groups in total. The number of benzene rings is 2. The number of hydrogen-bond acceptors (Lipinski definition) is 2. The van der Waals surface area contributed by atoms with E-state index in [9.17, 15) is 18.0 Å². The Hall–Kier alpha value is -2.30. The standard InChI is InChI=1S/C16H11F3O2/c17-16(18,19)13-4-1-10(2-5-13)15(20)12-3-6-14-11(9-12)7-8-21-14/h1-6,9H,7-8H2. The number of alkyl halides is 3. The highest BCUT2D eigenvalue weighted by Gasteiger charge is 2.30. The summed E-state index contributed by atoms with van der Waals surface area (Å²) in [7, 11) is 0. The zero-order valence-electron chi connectivity index (χ0n) is 10.9. The van der Waals surface area contributed by atoms with Crippen molar-refractivity contribution in [2.24, 2.45) is 0 Å². The molecule has 1 heterocycles. The zero-order valence-corrected chi connectivity index (χ0v) is 10.9. The molecule has 1 aliphatic heterocycles. The molecule has 0 atom stereocenters. The van der Waals surface area contributed by atoms with E-state index in [4.69, 9.17) is 4.74 Å². The fourth-order valence-electron chi connectivity index (χ4n) is 2.31. The van der Waals surface area contributed by atoms with Crippen molar-refractivity contribution in [1.29, 1.82) is 0 Å². The molecule has 0 amide bonds. The molecule has 108 valence electrons. The number of carbonyl (C=O) groups is 1. The Kier molecular flexibility index (Phi) is 3.20. The maximum atomic E-state index is 12.5. The van der Waals surface area contributed by atoms with Crippen molar-refractivity contribution in [1.82, 2.24) is 0 Å². The summed E-state index contributed by atoms with van der Waals surface area (Å²) < 4.78 is 42.8. The van der Waals surface area contributed by atoms with E-state index in [-0.39, 0.29) is 11.3 Å². The van der Waals surface area contributed by atoms with Gasteiger partial charge in [0.15, 0.2) is 5.78 Å². The van der Waals surface area contributed by atoms with Crippen molar-refractivity contribution in [3.05, 3.63) is 64.7 Å². The Morgan fingerprint density at radius 1 is 1.00 bits per heavy atom. The zero-order chi connectivity index (χ0) is 15.0. The molecule has 0 aromatic heterocycles. The lowest BCUT2D eigenvalue weighted by Gasteiger charge is -2.08. The first kappa shape index (κ1) is 13.7. The van der Waals surface area contributed by atoms with Gasteiger partial charge in [-0.15, -0.1) is 0 Å². The van der Waals surface area contributed by atoms with Crippen LogP contribution in [0.25, 0.3) is 0 Å². The number of ether oxygens (including phenoxy) is 1. The van der Waals surface area contributed by atoms with E-state index in [1.807, 2.05) is 0 Å². The second-order valence-corrected chi connectivity index (χ2v) is 4.83. The number of carbonyl (C=O) groups excluding carboxylic acids is 1. The number of rotatable bonds is 2. The van der Waals surface area contributed by atoms with Crippen LogP contribution in [-0.4, -0.2) is 12.4 Å². The second kappa shape index (κ2) is 4.91. The molecule has 2 aromatic carbocycles. The van der Waals surface area contributed by atoms with Crippen LogP contribution in [-0.2, 0) is 12.6 Å². The quantitative estimate of drug-likeness (QED) is 0.785. The van der Waals surface area contributed by atoms with Crippen LogP contribution in [0.5, 0.6) is 5.75 Å². The maximum absolute atomic E-state index is 12.5. The van der Waals surface area contributed by atoms with Crippen LogP contribution in [0.2, 0.25) is 0 Å². The topological polar surface area (TPSA) is 26.3 Å². The second-order valence-electron chi connectivity index (χ2n) is 4.83. The van der Waals surface area contributed by atoms with Gasteiger partial charge in [0.1, 0.15) is 5.75 Å². The van der Waals surface area contributed by atoms with Crippen LogP contribution in [0.4, 0.5) is 13.2 Å². The molecule has 0 bridgehead atoms. The monoisotopic (exact) mass is 292 g/mol. The highest BCUT2D eigenvalue weighted by Crippen LogP contribution is 2.30. The molecule has 2 nitrogen and oxygen atoms in total. The van der Waals surface area contributed by atoms with E-state index in [0.29, 0.717) is 12.2 Å². The van der Waals surface area contributed by atoms with Crippen molar-refractivity contribution in [3.8, 4) is 5.75 Å². The highest BCUT2D eigenvalue weighted by molar-refractivity contribution is 6.09. The predicted octanol–water partition coefficient (Wildman–Crippen LogP) is 3.87. The summed E-state index contributed by atoms with van der Waals surface area (Å²) in [5, 5.41) is 0. The van der Waals surface area contributed by atoms with E-state index in [1.165, 1.54) is 12.1 Å². The summed E-state index contributed by atoms with van der Waals surface area (Å²) in [5.74, 6) is 0.470. The maximum Gasteiger partial charge on any atom is 0.416 e. The molecule has 0 aliphatic carbocycles. The van der Waals surface area contributed by atoms with Gasteiger partial charge in [0.05, 0.1) is 12.2 Å². The Bertz CT molecular complexity index is 688. The third-order valence-electron chi connectivity index (χ3n) is 3.43. The van der Waals surface area contributed by atoms with Gasteiger partial charge in [0, 0.05) is 17.5 Å². The fraction of sp³-hybridized carbons (Fsp3) is 0.188. The summed E-state index contributed by atoms with van der Waals surface area (Å²) in [6.07, 6.45) is -3.66. The minimum Gasteiger partial charge on any atom is -0.493 e. The predicted molar refractivity (Wildman–Crippen MR) is 70.5 cm³/mol. The average molecular weight is 292 g/mol. The van der Waals surface area contributed by atoms with Crippen molar-refractivity contribution >= 4 is 5.78 Å². The van der Waals surface area contributed by atoms with Gasteiger partial charge in [-0.25, -0.2) is 0 Å². The molecule has 0 radical (unpaired) electrons. The van der Waals surface area contributed by atoms with Crippen molar-refractivity contribution < 1.29 is 22.7 Å². The summed E-state index contributed by atoms with van der Waals surface area (Å²) >= 11 is 0. The lowest BCUT2D eigenvalue weighted by Crippen LogP contribution is -2.06. The lowest BCUT2D eigenvalue weighted by molar-refractivity contribution is -0.137. The first-order valence-corrected chi connectivity index (χ1v) is 6.43. The van der Waals surface area contributed by atoms with Gasteiger partial charge in [-0.05, 0) is 35.9 Å². The molecule has 5 heteroatoms. The molecule has 0 spiro atoms. The minimum absolute atomic E-state index is 0.238. The van der Waals surface area contributed by atoms with E-state index in [0.717, 1.165) is 29.9 Å². The van der Waals surface area contributed by atoms with Crippen LogP contribution >= 0.6 is 0 Å². The van der Waals surface area contributed by atoms with E-state index >= 15 is 0 Å². The highest BCUT2D eigenvalue weighted by atomic mass is 19.4. The van der Waals surface area contributed by atoms with Gasteiger partial charge >= 0.3 is 6.18 Å². The van der Waals surface area contributed by atoms with Gasteiger partial charge in [-0.1, -0.05) is 12.1 Å². The summed E-state index contributed by atoms with van der Waals surface area (Å²) in [6, 6.07) is 9.34. The van der Waals surface area contributed by atoms with Gasteiger partial charge in [0.25, 0.3) is 0 Å². The van der Waals surface area contributed by atoms with Gasteiger partial charge < -0.3 is 4.74 Å². The number of hydrogen-bond donors (Lipinski definition) is 0. The van der Waals surface area contributed by atoms with Crippen LogP contribution < -0.4 is 4.74 Å². The van der Waals surface area contributed by atoms with E-state index in [2.05, 4.69) is 0 Å². The molecule has 0 saturated heterocycles. The van der Waals surface area contributed by atoms with Crippen LogP contribution in [0.3, 0.4) is 0 Å². The van der Waals surface area contributed by atoms with Crippen molar-refractivity contribution in [2.45, 2.75) is 12.6 Å². The number of ketones is 1. The Morgan fingerprint density at radius 2 is 1.67 bits per heavy atom. The molecule has 0 unspecified atom stereocenters. The Balaban J connectivity index is 1.88. The van der Waals surface area contributed by atoms with Crippen molar-refractivity contribution in [3.63, 3.8) is 0 Å². The minimum atomic E-state index is -4.40. The number of halogens is 3. The van der Waals surface area contributed by atoms with E-state index < -0.39 is 11.7 Å². The summed E-state index contributed by atoms with van der Waals surface area (Å²) in [5.41, 5.74) is 0.884. The van der Waals surface area contributed by atoms with E-state index in [1.54, 1.807) is 18.2 Å². The third kappa shape index (κ3) is 2.63. The molecular formula is C16H11F3O2. The molecule has 1 aliphatic rings. The normalized spacial score (nSPS) is 13.7. The Morgan fingerprint density at radius 3 is 2.33 bits per heavy atom. The first-order chi connectivity index (χ1) is 9.95. The molecule has 0 fully saturated rings. The number of fused-ring (bicyclic) bond motifs is 1. The summed E-state index contributed by atoms with van der Waals surface area (Å²) in [4.78, 5) is 12.3. The van der Waals surface area contributed by atoms with Gasteiger partial charge in [-0.2, -0.15) is 13.2 Å². The molecule has 3 rings (SSSR count). The van der Waals surface area contributed by atoms with Gasteiger partial charge in [-0.3, -0.25) is 4.79 Å². The average Bonchev–Trinajstić information content (AvgIpc) is 2.93. The smallest absolute Gasteiger partial charge is 0.416 e. The van der Waals surface area contributed by atoms with Crippen LogP contribution in [0, 0.1) is 0 Å². The van der Waals surface area contributed by atoms with Crippen molar-refractivity contribution in [2.75, 3.05) is 6.61 Å². The third-order valence-corrected chi connectivity index (χ3v) is 3.43. The lowest BCUT2D eigenvalue weighted by atomic mass is 9.99. The summed E-state index contributed by atoms with van der Waals surface area (Å²) in [6.45, 7) is 0.591. The SMILES string of the molecule is O=C(c1ccc(C(F)(F)F)cc1)c1ccc2c(c1)CCO2. The molecular weight excluding hydrogens is 281 g/mol. The van der Waals surface area contributed by atoms with Crippen LogP contribution in [0.1, 0.15) is 27.0 Å². The van der Waals surface area contributed by atoms with Gasteiger partial charge in [0.2, 0.25) is 0 Å². The molecule has 21 heavy (non-hydrogen) atoms.